The zero-order chi connectivity index (χ0) is 41.6. The van der Waals surface area contributed by atoms with Crippen LogP contribution < -0.4 is 15.7 Å². The van der Waals surface area contributed by atoms with E-state index in [2.05, 4.69) is 30.9 Å². The Morgan fingerprint density at radius 3 is 2.39 bits per heavy atom. The molecule has 3 fully saturated rings. The summed E-state index contributed by atoms with van der Waals surface area (Å²) in [6.45, 7) is 4.95. The van der Waals surface area contributed by atoms with Crippen molar-refractivity contribution in [3.05, 3.63) is 77.0 Å². The molecule has 3 amide bonds. The lowest BCUT2D eigenvalue weighted by atomic mass is 9.90. The van der Waals surface area contributed by atoms with Crippen molar-refractivity contribution >= 4 is 51.9 Å². The van der Waals surface area contributed by atoms with Gasteiger partial charge in [0.25, 0.3) is 11.8 Å². The molecule has 2 aromatic carbocycles. The molecule has 310 valence electrons. The van der Waals surface area contributed by atoms with E-state index in [0.29, 0.717) is 73.4 Å². The smallest absolute Gasteiger partial charge is 0.435 e. The Morgan fingerprint density at radius 1 is 1.02 bits per heavy atom. The number of alkyl halides is 3. The summed E-state index contributed by atoms with van der Waals surface area (Å²) in [6.07, 6.45) is -1.29. The number of halogens is 4. The summed E-state index contributed by atoms with van der Waals surface area (Å²) >= 11 is 6.56. The van der Waals surface area contributed by atoms with Crippen LogP contribution in [0.2, 0.25) is 5.02 Å². The molecule has 3 aromatic heterocycles. The van der Waals surface area contributed by atoms with E-state index in [4.69, 9.17) is 11.6 Å². The average molecular weight is 836 g/mol. The third kappa shape index (κ3) is 8.01. The number of piperazine rings is 1. The van der Waals surface area contributed by atoms with Crippen molar-refractivity contribution in [3.8, 4) is 17.1 Å². The lowest BCUT2D eigenvalue weighted by Crippen LogP contribution is -2.63. The molecule has 3 saturated heterocycles. The molecule has 0 radical (unpaired) electrons. The van der Waals surface area contributed by atoms with Gasteiger partial charge in [0.1, 0.15) is 6.54 Å². The number of carbonyl (C=O) groups is 4. The first-order valence-electron chi connectivity index (χ1n) is 19.3. The fraction of sp³-hybridized carbons (Fsp3) is 0.410. The summed E-state index contributed by atoms with van der Waals surface area (Å²) in [5, 5.41) is 28.8. The number of rotatable bonds is 10. The third-order valence-corrected chi connectivity index (χ3v) is 12.0. The number of carboxylic acid groups (broad SMARTS) is 1. The monoisotopic (exact) mass is 835 g/mol. The zero-order valence-electron chi connectivity index (χ0n) is 32.0. The molecular weight excluding hydrogens is 795 g/mol. The molecule has 0 bridgehead atoms. The second-order valence-electron chi connectivity index (χ2n) is 15.5. The van der Waals surface area contributed by atoms with Crippen molar-refractivity contribution in [2.24, 2.45) is 18.9 Å². The van der Waals surface area contributed by atoms with Gasteiger partial charge in [-0.2, -0.15) is 23.4 Å². The van der Waals surface area contributed by atoms with Crippen LogP contribution in [0.5, 0.6) is 0 Å². The molecule has 0 spiro atoms. The van der Waals surface area contributed by atoms with Crippen LogP contribution in [0.4, 0.5) is 18.9 Å². The van der Waals surface area contributed by atoms with Crippen LogP contribution in [0.1, 0.15) is 39.5 Å². The van der Waals surface area contributed by atoms with Gasteiger partial charge in [0.05, 0.1) is 59.2 Å². The molecule has 3 aliphatic heterocycles. The molecule has 20 heteroatoms. The molecule has 5 aromatic rings. The fourth-order valence-corrected chi connectivity index (χ4v) is 8.71. The minimum absolute atomic E-state index is 0.0139. The van der Waals surface area contributed by atoms with Crippen LogP contribution in [0, 0.1) is 11.8 Å². The van der Waals surface area contributed by atoms with E-state index in [1.54, 1.807) is 34.1 Å². The number of benzene rings is 2. The number of carboxylic acids is 1. The topological polar surface area (TPSA) is 186 Å². The van der Waals surface area contributed by atoms with Crippen molar-refractivity contribution in [3.63, 3.8) is 0 Å². The van der Waals surface area contributed by atoms with Crippen LogP contribution in [0.3, 0.4) is 0 Å². The van der Waals surface area contributed by atoms with Gasteiger partial charge in [-0.15, -0.1) is 0 Å². The fourth-order valence-electron chi connectivity index (χ4n) is 8.45. The summed E-state index contributed by atoms with van der Waals surface area (Å²) in [4.78, 5) is 59.5. The number of H-pyrrole nitrogens is 1. The highest BCUT2D eigenvalue weighted by atomic mass is 35.5. The SMILES string of the molecule is Cn1c(-c2cn(-c3n[nH]c4ccccc34)nc2C(F)(F)F)cnc1C(=O)Nc1ccc(C(=O)N2CCN(C(=O)C3CC[N+](CC(=O)[O-])(CC4CNC4)CC3)CC2)c(Cl)c1. The van der Waals surface area contributed by atoms with Gasteiger partial charge in [-0.3, -0.25) is 19.5 Å². The molecule has 0 atom stereocenters. The number of piperidine rings is 1. The van der Waals surface area contributed by atoms with E-state index < -0.39 is 23.7 Å². The van der Waals surface area contributed by atoms with Crippen molar-refractivity contribution in [1.82, 2.24) is 44.6 Å². The van der Waals surface area contributed by atoms with Gasteiger partial charge in [0, 0.05) is 88.3 Å². The molecular formula is C39H41ClF3N11O5. The zero-order valence-corrected chi connectivity index (χ0v) is 32.7. The molecule has 59 heavy (non-hydrogen) atoms. The minimum atomic E-state index is -4.83. The van der Waals surface area contributed by atoms with Crippen molar-refractivity contribution in [1.29, 1.82) is 0 Å². The summed E-state index contributed by atoms with van der Waals surface area (Å²) in [6, 6.07) is 11.3. The van der Waals surface area contributed by atoms with Gasteiger partial charge in [-0.05, 0) is 30.3 Å². The number of hydrogen-bond acceptors (Lipinski definition) is 9. The quantitative estimate of drug-likeness (QED) is 0.178. The number of para-hydroxylation sites is 1. The van der Waals surface area contributed by atoms with E-state index in [9.17, 15) is 37.5 Å². The van der Waals surface area contributed by atoms with Crippen LogP contribution >= 0.6 is 11.6 Å². The van der Waals surface area contributed by atoms with Gasteiger partial charge < -0.3 is 39.4 Å². The highest BCUT2D eigenvalue weighted by Crippen LogP contribution is 2.37. The minimum Gasteiger partial charge on any atom is -0.544 e. The average Bonchev–Trinajstić information content (AvgIpc) is 3.93. The second kappa shape index (κ2) is 15.8. The highest BCUT2D eigenvalue weighted by molar-refractivity contribution is 6.34. The number of imidazole rings is 1. The first kappa shape index (κ1) is 40.0. The number of likely N-dealkylation sites (tertiary alicyclic amines) is 1. The van der Waals surface area contributed by atoms with Crippen molar-refractivity contribution in [2.45, 2.75) is 19.0 Å². The summed E-state index contributed by atoms with van der Waals surface area (Å²) in [5.41, 5.74) is -0.464. The van der Waals surface area contributed by atoms with Crippen molar-refractivity contribution < 1.29 is 41.9 Å². The van der Waals surface area contributed by atoms with Crippen molar-refractivity contribution in [2.75, 3.05) is 70.8 Å². The van der Waals surface area contributed by atoms with Gasteiger partial charge in [0.2, 0.25) is 5.91 Å². The lowest BCUT2D eigenvalue weighted by molar-refractivity contribution is -0.931. The Labute approximate surface area is 340 Å². The number of fused-ring (bicyclic) bond motifs is 1. The molecule has 3 N–H and O–H groups in total. The molecule has 6 heterocycles. The number of hydrogen-bond donors (Lipinski definition) is 3. The molecule has 0 unspecified atom stereocenters. The third-order valence-electron chi connectivity index (χ3n) is 11.7. The number of anilines is 1. The predicted octanol–water partition coefficient (Wildman–Crippen LogP) is 2.55. The summed E-state index contributed by atoms with van der Waals surface area (Å²) in [5.74, 6) is -1.93. The number of aliphatic carboxylic acids is 1. The maximum Gasteiger partial charge on any atom is 0.435 e. The normalized spacial score (nSPS) is 20.1. The van der Waals surface area contributed by atoms with E-state index in [-0.39, 0.29) is 63.5 Å². The maximum atomic E-state index is 14.3. The number of aromatic nitrogens is 6. The first-order valence-corrected chi connectivity index (χ1v) is 19.6. The number of carbonyl (C=O) groups excluding carboxylic acids is 4. The first-order chi connectivity index (χ1) is 28.2. The van der Waals surface area contributed by atoms with E-state index in [0.717, 1.165) is 30.5 Å². The Balaban J connectivity index is 0.887. The number of quaternary nitrogens is 1. The van der Waals surface area contributed by atoms with E-state index in [1.807, 2.05) is 0 Å². The standard InChI is InChI=1S/C39H41ClF3N11O5/c1-50-31(28-20-53(49-33(28)39(41,42)43)34-27-4-2-3-5-30(27)47-48-34)19-45-35(50)36(57)46-25-6-7-26(29(40)16-25)38(59)52-12-10-51(11-13-52)37(58)24-8-14-54(15-9-24,22-32(55)56)21-23-17-44-18-23/h2-7,16,19-20,23-24,44H,8-15,17-18,21-22H2,1H3,(H2-,46,47,48,55,56,57,59). The summed E-state index contributed by atoms with van der Waals surface area (Å²) in [7, 11) is 1.41. The van der Waals surface area contributed by atoms with Gasteiger partial charge in [-0.1, -0.05) is 23.7 Å². The maximum absolute atomic E-state index is 14.3. The lowest BCUT2D eigenvalue weighted by Gasteiger charge is -2.47. The highest BCUT2D eigenvalue weighted by Gasteiger charge is 2.42. The molecule has 0 aliphatic carbocycles. The molecule has 3 aliphatic rings. The van der Waals surface area contributed by atoms with E-state index in [1.165, 1.54) is 36.0 Å². The largest absolute Gasteiger partial charge is 0.544 e. The Kier molecular flexibility index (Phi) is 10.7. The number of nitrogens with zero attached hydrogens (tertiary/aromatic N) is 8. The predicted molar refractivity (Wildman–Crippen MR) is 206 cm³/mol. The second-order valence-corrected chi connectivity index (χ2v) is 15.9. The number of nitrogens with one attached hydrogen (secondary N) is 3. The van der Waals surface area contributed by atoms with Gasteiger partial charge in [0.15, 0.2) is 17.3 Å². The van der Waals surface area contributed by atoms with Crippen LogP contribution in [-0.2, 0) is 22.8 Å². The van der Waals surface area contributed by atoms with Gasteiger partial charge in [-0.25, -0.2) is 9.67 Å². The Hall–Kier alpha value is -5.79. The Bertz CT molecular complexity index is 2430. The van der Waals surface area contributed by atoms with E-state index >= 15 is 0 Å². The summed E-state index contributed by atoms with van der Waals surface area (Å²) < 4.78 is 45.5. The molecule has 0 saturated carbocycles. The van der Waals surface area contributed by atoms with Crippen LogP contribution in [0.15, 0.2) is 54.9 Å². The van der Waals surface area contributed by atoms with Crippen LogP contribution in [-0.4, -0.2) is 133 Å². The van der Waals surface area contributed by atoms with Gasteiger partial charge >= 0.3 is 6.18 Å². The Morgan fingerprint density at radius 2 is 1.73 bits per heavy atom. The van der Waals surface area contributed by atoms with Crippen LogP contribution in [0.25, 0.3) is 28.0 Å². The molecule has 8 rings (SSSR count). The number of aromatic amines is 1. The number of amides is 3. The molecule has 16 nitrogen and oxygen atoms in total.